The molecule has 1 aromatic rings. The van der Waals surface area contributed by atoms with E-state index in [1.807, 2.05) is 24.3 Å². The van der Waals surface area contributed by atoms with Gasteiger partial charge in [0.05, 0.1) is 0 Å². The molecule has 19 heavy (non-hydrogen) atoms. The first-order valence-electron chi connectivity index (χ1n) is 6.91. The summed E-state index contributed by atoms with van der Waals surface area (Å²) in [6.45, 7) is 2.89. The summed E-state index contributed by atoms with van der Waals surface area (Å²) >= 11 is 2.24. The molecule has 0 aliphatic carbocycles. The van der Waals surface area contributed by atoms with E-state index in [1.54, 1.807) is 0 Å². The van der Waals surface area contributed by atoms with Crippen LogP contribution in [-0.2, 0) is 4.79 Å². The summed E-state index contributed by atoms with van der Waals surface area (Å²) in [5, 5.41) is 2.95. The van der Waals surface area contributed by atoms with E-state index in [-0.39, 0.29) is 5.91 Å². The van der Waals surface area contributed by atoms with Crippen molar-refractivity contribution < 1.29 is 4.79 Å². The van der Waals surface area contributed by atoms with Crippen LogP contribution >= 0.6 is 22.6 Å². The summed E-state index contributed by atoms with van der Waals surface area (Å²) in [4.78, 5) is 11.9. The lowest BCUT2D eigenvalue weighted by Crippen LogP contribution is -2.15. The Morgan fingerprint density at radius 1 is 1.37 bits per heavy atom. The third kappa shape index (κ3) is 6.92. The monoisotopic (exact) mass is 374 g/mol. The molecule has 1 atom stereocenters. The minimum atomic E-state index is 0.0973. The molecule has 0 fully saturated rings. The van der Waals surface area contributed by atoms with Gasteiger partial charge in [0.25, 0.3) is 0 Å². The summed E-state index contributed by atoms with van der Waals surface area (Å²) in [6, 6.07) is 7.85. The van der Waals surface area contributed by atoms with Crippen LogP contribution in [0.3, 0.4) is 0 Å². The van der Waals surface area contributed by atoms with E-state index in [9.17, 15) is 4.79 Å². The number of carbonyl (C=O) groups is 1. The number of carbonyl (C=O) groups excluding carboxylic acids is 1. The smallest absolute Gasteiger partial charge is 0.224 e. The third-order valence-corrected chi connectivity index (χ3v) is 3.83. The molecular weight excluding hydrogens is 351 g/mol. The van der Waals surface area contributed by atoms with E-state index < -0.39 is 0 Å². The minimum Gasteiger partial charge on any atom is -0.330 e. The molecule has 1 unspecified atom stereocenters. The zero-order valence-corrected chi connectivity index (χ0v) is 13.7. The van der Waals surface area contributed by atoms with Crippen molar-refractivity contribution in [3.05, 3.63) is 27.8 Å². The lowest BCUT2D eigenvalue weighted by atomic mass is 9.94. The number of rotatable bonds is 8. The van der Waals surface area contributed by atoms with Gasteiger partial charge in [0, 0.05) is 15.7 Å². The van der Waals surface area contributed by atoms with Crippen LogP contribution in [0.1, 0.15) is 39.0 Å². The molecule has 0 spiro atoms. The van der Waals surface area contributed by atoms with Crippen molar-refractivity contribution in [2.45, 2.75) is 39.0 Å². The second-order valence-electron chi connectivity index (χ2n) is 4.83. The van der Waals surface area contributed by atoms with Crippen LogP contribution in [0.4, 0.5) is 5.69 Å². The fraction of sp³-hybridized carbons (Fsp3) is 0.533. The van der Waals surface area contributed by atoms with Crippen LogP contribution in [0.2, 0.25) is 0 Å². The van der Waals surface area contributed by atoms with Gasteiger partial charge in [-0.05, 0) is 66.1 Å². The van der Waals surface area contributed by atoms with Crippen molar-refractivity contribution in [3.8, 4) is 0 Å². The molecule has 0 bridgehead atoms. The second-order valence-corrected chi connectivity index (χ2v) is 6.07. The number of amides is 1. The molecule has 0 saturated heterocycles. The summed E-state index contributed by atoms with van der Waals surface area (Å²) in [7, 11) is 0. The summed E-state index contributed by atoms with van der Waals surface area (Å²) < 4.78 is 1.13. The van der Waals surface area contributed by atoms with Crippen molar-refractivity contribution in [1.29, 1.82) is 0 Å². The average Bonchev–Trinajstić information content (AvgIpc) is 2.36. The first-order chi connectivity index (χ1) is 9.15. The molecule has 1 rings (SSSR count). The summed E-state index contributed by atoms with van der Waals surface area (Å²) in [5.74, 6) is 0.678. The lowest BCUT2D eigenvalue weighted by molar-refractivity contribution is -0.116. The first kappa shape index (κ1) is 16.4. The van der Waals surface area contributed by atoms with E-state index >= 15 is 0 Å². The predicted octanol–water partition coefficient (Wildman–Crippen LogP) is 3.78. The maximum Gasteiger partial charge on any atom is 0.224 e. The highest BCUT2D eigenvalue weighted by Gasteiger charge is 2.10. The number of anilines is 1. The van der Waals surface area contributed by atoms with E-state index in [2.05, 4.69) is 34.8 Å². The lowest BCUT2D eigenvalue weighted by Gasteiger charge is -2.14. The Morgan fingerprint density at radius 3 is 2.79 bits per heavy atom. The average molecular weight is 374 g/mol. The number of hydrogen-bond acceptors (Lipinski definition) is 2. The molecule has 0 aliphatic rings. The Labute approximate surface area is 129 Å². The van der Waals surface area contributed by atoms with Crippen LogP contribution in [-0.4, -0.2) is 12.5 Å². The number of nitrogens with two attached hydrogens (primary N) is 1. The van der Waals surface area contributed by atoms with E-state index in [1.165, 1.54) is 0 Å². The third-order valence-electron chi connectivity index (χ3n) is 3.16. The zero-order chi connectivity index (χ0) is 14.1. The second kappa shape index (κ2) is 9.31. The summed E-state index contributed by atoms with van der Waals surface area (Å²) in [5.41, 5.74) is 6.48. The van der Waals surface area contributed by atoms with Gasteiger partial charge in [-0.2, -0.15) is 0 Å². The van der Waals surface area contributed by atoms with Crippen molar-refractivity contribution >= 4 is 34.2 Å². The molecule has 1 amide bonds. The van der Waals surface area contributed by atoms with Crippen LogP contribution in [0, 0.1) is 9.49 Å². The van der Waals surface area contributed by atoms with Crippen LogP contribution < -0.4 is 11.1 Å². The minimum absolute atomic E-state index is 0.0973. The molecular formula is C15H23IN2O. The number of benzene rings is 1. The maximum absolute atomic E-state index is 11.9. The van der Waals surface area contributed by atoms with Gasteiger partial charge in [-0.1, -0.05) is 25.8 Å². The predicted molar refractivity (Wildman–Crippen MR) is 89.1 cm³/mol. The van der Waals surface area contributed by atoms with E-state index in [4.69, 9.17) is 5.73 Å². The fourth-order valence-electron chi connectivity index (χ4n) is 2.20. The van der Waals surface area contributed by atoms with Gasteiger partial charge in [0.1, 0.15) is 0 Å². The number of hydrogen-bond donors (Lipinski definition) is 2. The SMILES string of the molecule is CCCC(CCN)CCC(=O)Nc1cccc(I)c1. The van der Waals surface area contributed by atoms with E-state index in [0.29, 0.717) is 18.9 Å². The Bertz CT molecular complexity index is 389. The van der Waals surface area contributed by atoms with Crippen LogP contribution in [0.5, 0.6) is 0 Å². The Balaban J connectivity index is 2.38. The standard InChI is InChI=1S/C15H23IN2O/c1-2-4-12(9-10-17)7-8-15(19)18-14-6-3-5-13(16)11-14/h3,5-6,11-12H,2,4,7-10,17H2,1H3,(H,18,19). The fourth-order valence-corrected chi connectivity index (χ4v) is 2.75. The van der Waals surface area contributed by atoms with Gasteiger partial charge in [0.15, 0.2) is 0 Å². The topological polar surface area (TPSA) is 55.1 Å². The molecule has 1 aromatic carbocycles. The van der Waals surface area contributed by atoms with E-state index in [0.717, 1.165) is 34.9 Å². The molecule has 0 heterocycles. The molecule has 0 saturated carbocycles. The molecule has 0 aromatic heterocycles. The molecule has 3 nitrogen and oxygen atoms in total. The number of halogens is 1. The number of nitrogens with one attached hydrogen (secondary N) is 1. The highest BCUT2D eigenvalue weighted by Crippen LogP contribution is 2.18. The van der Waals surface area contributed by atoms with Crippen LogP contribution in [0.15, 0.2) is 24.3 Å². The Hall–Kier alpha value is -0.620. The van der Waals surface area contributed by atoms with Gasteiger partial charge in [-0.25, -0.2) is 0 Å². The Morgan fingerprint density at radius 2 is 2.16 bits per heavy atom. The van der Waals surface area contributed by atoms with Crippen molar-refractivity contribution in [3.63, 3.8) is 0 Å². The quantitative estimate of drug-likeness (QED) is 0.681. The first-order valence-corrected chi connectivity index (χ1v) is 7.99. The van der Waals surface area contributed by atoms with Gasteiger partial charge < -0.3 is 11.1 Å². The van der Waals surface area contributed by atoms with Crippen molar-refractivity contribution in [1.82, 2.24) is 0 Å². The highest BCUT2D eigenvalue weighted by molar-refractivity contribution is 14.1. The molecule has 0 aliphatic heterocycles. The molecule has 4 heteroatoms. The zero-order valence-electron chi connectivity index (χ0n) is 11.5. The largest absolute Gasteiger partial charge is 0.330 e. The molecule has 0 radical (unpaired) electrons. The highest BCUT2D eigenvalue weighted by atomic mass is 127. The van der Waals surface area contributed by atoms with Gasteiger partial charge in [-0.3, -0.25) is 4.79 Å². The van der Waals surface area contributed by atoms with Crippen molar-refractivity contribution in [2.24, 2.45) is 11.7 Å². The Kier molecular flexibility index (Phi) is 8.05. The van der Waals surface area contributed by atoms with Gasteiger partial charge in [0.2, 0.25) is 5.91 Å². The maximum atomic E-state index is 11.9. The van der Waals surface area contributed by atoms with Gasteiger partial charge in [-0.15, -0.1) is 0 Å². The van der Waals surface area contributed by atoms with Gasteiger partial charge >= 0.3 is 0 Å². The normalized spacial score (nSPS) is 12.2. The molecule has 106 valence electrons. The van der Waals surface area contributed by atoms with Crippen molar-refractivity contribution in [2.75, 3.05) is 11.9 Å². The van der Waals surface area contributed by atoms with Crippen LogP contribution in [0.25, 0.3) is 0 Å². The summed E-state index contributed by atoms with van der Waals surface area (Å²) in [6.07, 6.45) is 4.85. The molecule has 3 N–H and O–H groups in total.